The summed E-state index contributed by atoms with van der Waals surface area (Å²) in [6.07, 6.45) is 1.45. The van der Waals surface area contributed by atoms with Crippen LogP contribution < -0.4 is 5.32 Å². The monoisotopic (exact) mass is 377 g/mol. The Labute approximate surface area is 153 Å². The summed E-state index contributed by atoms with van der Waals surface area (Å²) in [6.45, 7) is 7.15. The second-order valence-electron chi connectivity index (χ2n) is 6.25. The summed E-state index contributed by atoms with van der Waals surface area (Å²) >= 11 is 0. The number of carbonyl (C=O) groups excluding carboxylic acids is 1. The van der Waals surface area contributed by atoms with Gasteiger partial charge >= 0.3 is 0 Å². The van der Waals surface area contributed by atoms with Gasteiger partial charge in [-0.2, -0.15) is 4.31 Å². The Kier molecular flexibility index (Phi) is 5.45. The molecule has 1 N–H and O–H groups in total. The summed E-state index contributed by atoms with van der Waals surface area (Å²) in [6, 6.07) is 8.02. The lowest BCUT2D eigenvalue weighted by Gasteiger charge is -2.33. The highest BCUT2D eigenvalue weighted by Gasteiger charge is 2.28. The molecule has 2 aromatic rings. The van der Waals surface area contributed by atoms with Gasteiger partial charge in [-0.1, -0.05) is 13.0 Å². The molecule has 140 valence electrons. The van der Waals surface area contributed by atoms with E-state index in [9.17, 15) is 13.2 Å². The van der Waals surface area contributed by atoms with Crippen molar-refractivity contribution in [3.05, 3.63) is 47.9 Å². The smallest absolute Gasteiger partial charge is 0.291 e. The first-order chi connectivity index (χ1) is 12.4. The molecule has 1 amide bonds. The number of nitrogens with zero attached hydrogens (tertiary/aromatic N) is 2. The molecular formula is C18H23N3O4S. The number of rotatable bonds is 5. The zero-order valence-electron chi connectivity index (χ0n) is 14.9. The Bertz CT molecular complexity index is 883. The molecule has 0 spiro atoms. The number of sulfonamides is 1. The van der Waals surface area contributed by atoms with E-state index in [1.165, 1.54) is 16.6 Å². The van der Waals surface area contributed by atoms with Gasteiger partial charge in [-0.15, -0.1) is 0 Å². The van der Waals surface area contributed by atoms with Crippen LogP contribution >= 0.6 is 0 Å². The average Bonchev–Trinajstić information content (AvgIpc) is 3.08. The van der Waals surface area contributed by atoms with Gasteiger partial charge in [0, 0.05) is 37.4 Å². The molecule has 1 aromatic carbocycles. The summed E-state index contributed by atoms with van der Waals surface area (Å²) in [5, 5.41) is 2.69. The first-order valence-corrected chi connectivity index (χ1v) is 10.0. The summed E-state index contributed by atoms with van der Waals surface area (Å²) in [5.41, 5.74) is 1.14. The number of furan rings is 1. The van der Waals surface area contributed by atoms with E-state index in [-0.39, 0.29) is 10.7 Å². The van der Waals surface area contributed by atoms with E-state index in [2.05, 4.69) is 17.1 Å². The number of hydrogen-bond acceptors (Lipinski definition) is 5. The predicted octanol–water partition coefficient (Wildman–Crippen LogP) is 2.17. The fraction of sp³-hybridized carbons (Fsp3) is 0.389. The fourth-order valence-corrected chi connectivity index (χ4v) is 4.43. The number of benzene rings is 1. The molecule has 26 heavy (non-hydrogen) atoms. The summed E-state index contributed by atoms with van der Waals surface area (Å²) in [7, 11) is -3.58. The first kappa shape index (κ1) is 18.6. The van der Waals surface area contributed by atoms with Gasteiger partial charge in [0.05, 0.1) is 11.2 Å². The van der Waals surface area contributed by atoms with E-state index < -0.39 is 15.9 Å². The minimum atomic E-state index is -3.58. The van der Waals surface area contributed by atoms with Crippen molar-refractivity contribution >= 4 is 21.6 Å². The van der Waals surface area contributed by atoms with Gasteiger partial charge in [0.25, 0.3) is 5.91 Å². The quantitative estimate of drug-likeness (QED) is 0.863. The van der Waals surface area contributed by atoms with E-state index >= 15 is 0 Å². The maximum Gasteiger partial charge on any atom is 0.291 e. The van der Waals surface area contributed by atoms with E-state index in [1.54, 1.807) is 31.2 Å². The molecule has 7 nitrogen and oxygen atoms in total. The van der Waals surface area contributed by atoms with Crippen molar-refractivity contribution in [1.82, 2.24) is 9.21 Å². The largest absolute Gasteiger partial charge is 0.459 e. The summed E-state index contributed by atoms with van der Waals surface area (Å²) in [5.74, 6) is -0.187. The van der Waals surface area contributed by atoms with Crippen molar-refractivity contribution in [2.24, 2.45) is 0 Å². The number of nitrogens with one attached hydrogen (secondary N) is 1. The van der Waals surface area contributed by atoms with Gasteiger partial charge in [-0.05, 0) is 37.7 Å². The van der Waals surface area contributed by atoms with Crippen LogP contribution in [0.3, 0.4) is 0 Å². The third-order valence-electron chi connectivity index (χ3n) is 4.58. The van der Waals surface area contributed by atoms with Crippen LogP contribution in [0.1, 0.15) is 23.0 Å². The lowest BCUT2D eigenvalue weighted by Crippen LogP contribution is -2.48. The first-order valence-electron chi connectivity index (χ1n) is 8.60. The van der Waals surface area contributed by atoms with E-state index in [0.717, 1.165) is 25.2 Å². The van der Waals surface area contributed by atoms with Crippen LogP contribution in [0.4, 0.5) is 5.69 Å². The van der Waals surface area contributed by atoms with Gasteiger partial charge in [-0.25, -0.2) is 8.42 Å². The van der Waals surface area contributed by atoms with Gasteiger partial charge in [0.2, 0.25) is 10.0 Å². The Morgan fingerprint density at radius 3 is 2.54 bits per heavy atom. The van der Waals surface area contributed by atoms with Gasteiger partial charge in [-0.3, -0.25) is 4.79 Å². The number of likely N-dealkylation sites (N-methyl/N-ethyl adjacent to an activating group) is 1. The molecule has 1 fully saturated rings. The normalized spacial score (nSPS) is 16.5. The Balaban J connectivity index is 1.76. The maximum atomic E-state index is 12.9. The van der Waals surface area contributed by atoms with Gasteiger partial charge in [0.1, 0.15) is 0 Å². The van der Waals surface area contributed by atoms with Crippen LogP contribution in [-0.4, -0.2) is 56.3 Å². The van der Waals surface area contributed by atoms with Crippen molar-refractivity contribution in [3.63, 3.8) is 0 Å². The molecule has 2 heterocycles. The minimum Gasteiger partial charge on any atom is -0.459 e. The second kappa shape index (κ2) is 7.61. The zero-order chi connectivity index (χ0) is 18.7. The molecular weight excluding hydrogens is 354 g/mol. The topological polar surface area (TPSA) is 82.9 Å². The Hall–Kier alpha value is -2.16. The molecule has 0 saturated carbocycles. The van der Waals surface area contributed by atoms with E-state index in [0.29, 0.717) is 18.8 Å². The molecule has 1 aliphatic heterocycles. The lowest BCUT2D eigenvalue weighted by molar-refractivity contribution is 0.0996. The molecule has 0 aliphatic carbocycles. The number of amides is 1. The lowest BCUT2D eigenvalue weighted by atomic mass is 10.2. The molecule has 0 unspecified atom stereocenters. The SMILES string of the molecule is CCN1CCN(S(=O)(=O)c2cccc(NC(=O)c3occc3C)c2)CC1. The molecule has 0 radical (unpaired) electrons. The Morgan fingerprint density at radius 1 is 1.19 bits per heavy atom. The van der Waals surface area contributed by atoms with Gasteiger partial charge < -0.3 is 14.6 Å². The number of carbonyl (C=O) groups is 1. The van der Waals surface area contributed by atoms with Crippen LogP contribution in [0, 0.1) is 6.92 Å². The highest BCUT2D eigenvalue weighted by Crippen LogP contribution is 2.22. The zero-order valence-corrected chi connectivity index (χ0v) is 15.8. The van der Waals surface area contributed by atoms with Crippen LogP contribution in [-0.2, 0) is 10.0 Å². The standard InChI is InChI=1S/C18H23N3O4S/c1-3-20-8-10-21(11-9-20)26(23,24)16-6-4-5-15(13-16)19-18(22)17-14(2)7-12-25-17/h4-7,12-13H,3,8-11H2,1-2H3,(H,19,22). The van der Waals surface area contributed by atoms with Gasteiger partial charge in [0.15, 0.2) is 5.76 Å². The third kappa shape index (κ3) is 3.82. The highest BCUT2D eigenvalue weighted by atomic mass is 32.2. The highest BCUT2D eigenvalue weighted by molar-refractivity contribution is 7.89. The molecule has 0 atom stereocenters. The van der Waals surface area contributed by atoms with Crippen molar-refractivity contribution in [2.45, 2.75) is 18.7 Å². The van der Waals surface area contributed by atoms with Crippen molar-refractivity contribution in [2.75, 3.05) is 38.0 Å². The molecule has 1 saturated heterocycles. The van der Waals surface area contributed by atoms with Crippen molar-refractivity contribution in [1.29, 1.82) is 0 Å². The average molecular weight is 377 g/mol. The van der Waals surface area contributed by atoms with E-state index in [1.807, 2.05) is 0 Å². The minimum absolute atomic E-state index is 0.177. The Morgan fingerprint density at radius 2 is 1.92 bits per heavy atom. The van der Waals surface area contributed by atoms with E-state index in [4.69, 9.17) is 4.42 Å². The van der Waals surface area contributed by atoms with Crippen LogP contribution in [0.2, 0.25) is 0 Å². The molecule has 0 bridgehead atoms. The van der Waals surface area contributed by atoms with Crippen LogP contribution in [0.15, 0.2) is 45.9 Å². The number of hydrogen-bond donors (Lipinski definition) is 1. The van der Waals surface area contributed by atoms with Crippen LogP contribution in [0.25, 0.3) is 0 Å². The maximum absolute atomic E-state index is 12.9. The fourth-order valence-electron chi connectivity index (χ4n) is 2.96. The number of aryl methyl sites for hydroxylation is 1. The van der Waals surface area contributed by atoms with Crippen LogP contribution in [0.5, 0.6) is 0 Å². The molecule has 8 heteroatoms. The third-order valence-corrected chi connectivity index (χ3v) is 6.47. The number of piperazine rings is 1. The predicted molar refractivity (Wildman–Crippen MR) is 98.7 cm³/mol. The van der Waals surface area contributed by atoms with Crippen molar-refractivity contribution < 1.29 is 17.6 Å². The van der Waals surface area contributed by atoms with Crippen molar-refractivity contribution in [3.8, 4) is 0 Å². The number of anilines is 1. The second-order valence-corrected chi connectivity index (χ2v) is 8.19. The summed E-state index contributed by atoms with van der Waals surface area (Å²) in [4.78, 5) is 14.7. The molecule has 1 aliphatic rings. The molecule has 3 rings (SSSR count). The molecule has 1 aromatic heterocycles. The summed E-state index contributed by atoms with van der Waals surface area (Å²) < 4.78 is 32.4.